The number of H-pyrrole nitrogens is 1. The Morgan fingerprint density at radius 2 is 1.95 bits per heavy atom. The highest BCUT2D eigenvalue weighted by molar-refractivity contribution is 7.18. The number of rotatable bonds is 6. The molecule has 4 aromatic rings. The van der Waals surface area contributed by atoms with Gasteiger partial charge in [-0.05, 0) is 63.1 Å². The van der Waals surface area contributed by atoms with Gasteiger partial charge in [-0.25, -0.2) is 14.6 Å². The summed E-state index contributed by atoms with van der Waals surface area (Å²) in [6.45, 7) is 6.31. The Morgan fingerprint density at radius 3 is 2.65 bits per heavy atom. The molecule has 0 spiro atoms. The maximum absolute atomic E-state index is 10.6. The zero-order valence-electron chi connectivity index (χ0n) is 20.8. The Morgan fingerprint density at radius 1 is 1.19 bits per heavy atom. The second-order valence-electron chi connectivity index (χ2n) is 9.31. The zero-order chi connectivity index (χ0) is 26.5. The Labute approximate surface area is 218 Å². The number of nitrogens with one attached hydrogen (secondary N) is 1. The van der Waals surface area contributed by atoms with Crippen LogP contribution < -0.4 is 4.74 Å². The van der Waals surface area contributed by atoms with Crippen molar-refractivity contribution in [2.45, 2.75) is 44.8 Å². The van der Waals surface area contributed by atoms with E-state index < -0.39 is 18.0 Å². The van der Waals surface area contributed by atoms with E-state index in [9.17, 15) is 5.11 Å². The number of piperidine rings is 1. The van der Waals surface area contributed by atoms with E-state index in [1.807, 2.05) is 41.8 Å². The van der Waals surface area contributed by atoms with Crippen LogP contribution in [0.1, 0.15) is 36.3 Å². The summed E-state index contributed by atoms with van der Waals surface area (Å²) in [5, 5.41) is 27.7. The van der Waals surface area contributed by atoms with Gasteiger partial charge in [-0.1, -0.05) is 18.2 Å². The molecule has 2 aromatic carbocycles. The number of carboxylic acids is 2. The highest BCUT2D eigenvalue weighted by Gasteiger charge is 2.29. The van der Waals surface area contributed by atoms with Gasteiger partial charge in [0, 0.05) is 35.6 Å². The number of aliphatic hydroxyl groups excluding tert-OH is 1. The molecule has 2 unspecified atom stereocenters. The number of carboxylic acid groups (broad SMARTS) is 2. The summed E-state index contributed by atoms with van der Waals surface area (Å²) in [6.07, 6.45) is 3.56. The molecule has 3 heterocycles. The van der Waals surface area contributed by atoms with Crippen LogP contribution in [0.4, 0.5) is 0 Å². The van der Waals surface area contributed by atoms with Gasteiger partial charge in [0.2, 0.25) is 0 Å². The number of ether oxygens (including phenoxy) is 1. The number of aromatic amines is 1. The van der Waals surface area contributed by atoms with Crippen molar-refractivity contribution < 1.29 is 29.6 Å². The van der Waals surface area contributed by atoms with Crippen LogP contribution in [0, 0.1) is 6.92 Å². The van der Waals surface area contributed by atoms with Crippen molar-refractivity contribution in [2.75, 3.05) is 19.7 Å². The van der Waals surface area contributed by atoms with Crippen LogP contribution in [0.2, 0.25) is 0 Å². The van der Waals surface area contributed by atoms with Crippen molar-refractivity contribution in [1.29, 1.82) is 0 Å². The van der Waals surface area contributed by atoms with Crippen LogP contribution in [0.15, 0.2) is 48.7 Å². The minimum atomic E-state index is -1.82. The largest absolute Gasteiger partial charge is 0.490 e. The smallest absolute Gasteiger partial charge is 0.414 e. The summed E-state index contributed by atoms with van der Waals surface area (Å²) in [6, 6.07) is 14.8. The van der Waals surface area contributed by atoms with Gasteiger partial charge < -0.3 is 25.0 Å². The van der Waals surface area contributed by atoms with Gasteiger partial charge in [0.05, 0.1) is 15.2 Å². The van der Waals surface area contributed by atoms with Gasteiger partial charge in [-0.2, -0.15) is 0 Å². The van der Waals surface area contributed by atoms with Crippen molar-refractivity contribution in [3.05, 3.63) is 59.2 Å². The quantitative estimate of drug-likeness (QED) is 0.274. The van der Waals surface area contributed by atoms with E-state index in [0.717, 1.165) is 41.6 Å². The molecule has 0 amide bonds. The van der Waals surface area contributed by atoms with E-state index in [1.165, 1.54) is 15.3 Å². The average Bonchev–Trinajstić information content (AvgIpc) is 3.52. The van der Waals surface area contributed by atoms with Crippen LogP contribution in [-0.4, -0.2) is 74.0 Å². The Balaban J connectivity index is 0.000000480. The first-order chi connectivity index (χ1) is 17.7. The van der Waals surface area contributed by atoms with Crippen LogP contribution in [0.3, 0.4) is 0 Å². The third kappa shape index (κ3) is 6.46. The van der Waals surface area contributed by atoms with E-state index in [4.69, 9.17) is 29.5 Å². The van der Waals surface area contributed by atoms with Crippen molar-refractivity contribution >= 4 is 44.4 Å². The molecular weight excluding hydrogens is 494 g/mol. The first kappa shape index (κ1) is 26.6. The van der Waals surface area contributed by atoms with Crippen molar-refractivity contribution in [2.24, 2.45) is 0 Å². The van der Waals surface area contributed by atoms with Gasteiger partial charge >= 0.3 is 11.9 Å². The van der Waals surface area contributed by atoms with E-state index in [-0.39, 0.29) is 0 Å². The maximum Gasteiger partial charge on any atom is 0.414 e. The van der Waals surface area contributed by atoms with E-state index in [2.05, 4.69) is 41.9 Å². The molecule has 10 heteroatoms. The zero-order valence-corrected chi connectivity index (χ0v) is 21.6. The molecule has 1 saturated heterocycles. The maximum atomic E-state index is 10.6. The van der Waals surface area contributed by atoms with E-state index >= 15 is 0 Å². The molecule has 9 nitrogen and oxygen atoms in total. The fourth-order valence-electron chi connectivity index (χ4n) is 4.69. The molecule has 196 valence electrons. The highest BCUT2D eigenvalue weighted by Crippen LogP contribution is 2.36. The molecule has 1 aliphatic heterocycles. The van der Waals surface area contributed by atoms with Crippen LogP contribution in [-0.2, 0) is 9.59 Å². The van der Waals surface area contributed by atoms with Crippen molar-refractivity contribution in [3.8, 4) is 5.75 Å². The predicted molar refractivity (Wildman–Crippen MR) is 142 cm³/mol. The second-order valence-corrected chi connectivity index (χ2v) is 10.4. The second kappa shape index (κ2) is 11.7. The number of nitrogens with zero attached hydrogens (tertiary/aromatic N) is 2. The molecule has 0 saturated carbocycles. The third-order valence-corrected chi connectivity index (χ3v) is 7.80. The lowest BCUT2D eigenvalue weighted by Crippen LogP contribution is -2.45. The number of carbonyl (C=O) groups is 2. The number of aromatic nitrogens is 2. The Bertz CT molecular complexity index is 1370. The van der Waals surface area contributed by atoms with Crippen LogP contribution in [0.25, 0.3) is 21.1 Å². The lowest BCUT2D eigenvalue weighted by Gasteiger charge is -2.38. The molecule has 1 fully saturated rings. The first-order valence-corrected chi connectivity index (χ1v) is 13.0. The molecule has 0 bridgehead atoms. The van der Waals surface area contributed by atoms with Gasteiger partial charge in [-0.15, -0.1) is 11.3 Å². The minimum Gasteiger partial charge on any atom is -0.490 e. The minimum absolute atomic E-state index is 0.300. The molecule has 37 heavy (non-hydrogen) atoms. The number of benzene rings is 2. The number of hydrogen-bond acceptors (Lipinski definition) is 7. The molecule has 0 radical (unpaired) electrons. The third-order valence-electron chi connectivity index (χ3n) is 6.61. The Hall–Kier alpha value is -3.47. The van der Waals surface area contributed by atoms with Crippen molar-refractivity contribution in [3.63, 3.8) is 0 Å². The Kier molecular flexibility index (Phi) is 8.42. The monoisotopic (exact) mass is 525 g/mol. The van der Waals surface area contributed by atoms with Crippen LogP contribution in [0.5, 0.6) is 5.75 Å². The SMILES string of the molecule is Cc1cccc2sc(C3CCN(C[C@H](O)COc4cccc5[nH]ccc45)C(C)C3)nc12.O=C(O)C(=O)O. The van der Waals surface area contributed by atoms with Crippen LogP contribution >= 0.6 is 11.3 Å². The fourth-order valence-corrected chi connectivity index (χ4v) is 5.88. The van der Waals surface area contributed by atoms with Gasteiger partial charge in [0.1, 0.15) is 18.5 Å². The highest BCUT2D eigenvalue weighted by atomic mass is 32.1. The number of fused-ring (bicyclic) bond motifs is 2. The number of aliphatic hydroxyl groups is 1. The van der Waals surface area contributed by atoms with Gasteiger partial charge in [-0.3, -0.25) is 4.90 Å². The first-order valence-electron chi connectivity index (χ1n) is 12.2. The predicted octanol–water partition coefficient (Wildman–Crippen LogP) is 4.25. The van der Waals surface area contributed by atoms with E-state index in [1.54, 1.807) is 0 Å². The molecule has 0 aliphatic carbocycles. The number of aryl methyl sites for hydroxylation is 1. The summed E-state index contributed by atoms with van der Waals surface area (Å²) < 4.78 is 7.23. The molecule has 3 atom stereocenters. The van der Waals surface area contributed by atoms with E-state index in [0.29, 0.717) is 25.1 Å². The number of thiazole rings is 1. The molecular formula is C27H31N3O6S. The van der Waals surface area contributed by atoms with Gasteiger partial charge in [0.15, 0.2) is 0 Å². The normalized spacial score (nSPS) is 18.8. The molecule has 4 N–H and O–H groups in total. The average molecular weight is 526 g/mol. The molecule has 1 aliphatic rings. The lowest BCUT2D eigenvalue weighted by molar-refractivity contribution is -0.159. The molecule has 5 rings (SSSR count). The summed E-state index contributed by atoms with van der Waals surface area (Å²) >= 11 is 1.84. The number of aliphatic carboxylic acids is 2. The number of likely N-dealkylation sites (tertiary alicyclic amines) is 1. The summed E-state index contributed by atoms with van der Waals surface area (Å²) in [4.78, 5) is 28.7. The standard InChI is InChI=1S/C25H29N3O2S.C2H2O4/c1-16-5-3-8-23-24(16)27-25(31-23)18-10-12-28(17(2)13-18)14-19(29)15-30-22-7-4-6-21-20(22)9-11-26-21;3-1(4)2(5)6/h3-9,11,17-19,26,29H,10,12-15H2,1-2H3;(H,3,4)(H,5,6)/t17?,18?,19-;/m0./s1. The summed E-state index contributed by atoms with van der Waals surface area (Å²) in [5.41, 5.74) is 3.46. The lowest BCUT2D eigenvalue weighted by atomic mass is 9.92. The van der Waals surface area contributed by atoms with Gasteiger partial charge in [0.25, 0.3) is 0 Å². The molecule has 2 aromatic heterocycles. The summed E-state index contributed by atoms with van der Waals surface area (Å²) in [5.74, 6) is -2.33. The topological polar surface area (TPSA) is 136 Å². The number of hydrogen-bond donors (Lipinski definition) is 4. The number of β-amino-alcohol motifs (C(OH)–C–C–N with tert-alkyl or cyclic N) is 1. The number of para-hydroxylation sites is 1. The fraction of sp³-hybridized carbons (Fsp3) is 0.370. The van der Waals surface area contributed by atoms with Crippen molar-refractivity contribution in [1.82, 2.24) is 14.9 Å². The summed E-state index contributed by atoms with van der Waals surface area (Å²) in [7, 11) is 0.